The number of hydrogen-bond donors (Lipinski definition) is 2. The molecular weight excluding hydrogens is 318 g/mol. The third-order valence-corrected chi connectivity index (χ3v) is 4.01. The van der Waals surface area contributed by atoms with Gasteiger partial charge in [-0.3, -0.25) is 4.79 Å². The Bertz CT molecular complexity index is 865. The molecule has 0 atom stereocenters. The molecule has 2 aromatic heterocycles. The summed E-state index contributed by atoms with van der Waals surface area (Å²) in [7, 11) is 0. The summed E-state index contributed by atoms with van der Waals surface area (Å²) in [5, 5.41) is 12.0. The lowest BCUT2D eigenvalue weighted by Crippen LogP contribution is -2.24. The Morgan fingerprint density at radius 3 is 2.88 bits per heavy atom. The number of aromatic nitrogens is 4. The van der Waals surface area contributed by atoms with E-state index in [0.29, 0.717) is 24.6 Å². The van der Waals surface area contributed by atoms with Gasteiger partial charge in [0, 0.05) is 24.8 Å². The Kier molecular flexibility index (Phi) is 5.14. The van der Waals surface area contributed by atoms with E-state index >= 15 is 0 Å². The molecule has 1 amide bonds. The van der Waals surface area contributed by atoms with Crippen LogP contribution in [0.5, 0.6) is 0 Å². The molecule has 2 N–H and O–H groups in total. The molecule has 0 spiro atoms. The van der Waals surface area contributed by atoms with Gasteiger partial charge in [0.2, 0.25) is 0 Å². The molecule has 3 aromatic rings. The number of nitrogens with zero attached hydrogens (tertiary/aromatic N) is 4. The first kappa shape index (κ1) is 17.2. The fourth-order valence-electron chi connectivity index (χ4n) is 2.82. The van der Waals surface area contributed by atoms with Crippen LogP contribution >= 0.6 is 0 Å². The first-order valence-electron chi connectivity index (χ1n) is 8.41. The van der Waals surface area contributed by atoms with Gasteiger partial charge in [0.25, 0.3) is 5.91 Å². The maximum Gasteiger partial charge on any atom is 0.251 e. The summed E-state index contributed by atoms with van der Waals surface area (Å²) in [4.78, 5) is 20.9. The summed E-state index contributed by atoms with van der Waals surface area (Å²) < 4.78 is 3.92. The van der Waals surface area contributed by atoms with Crippen molar-refractivity contribution in [2.24, 2.45) is 5.92 Å². The average Bonchev–Trinajstić information content (AvgIpc) is 3.19. The lowest BCUT2D eigenvalue weighted by molar-refractivity contribution is 0.0950. The number of rotatable bonds is 7. The zero-order chi connectivity index (χ0) is 17.8. The fourth-order valence-corrected chi connectivity index (χ4v) is 2.82. The molecule has 0 radical (unpaired) electrons. The number of amides is 1. The largest absolute Gasteiger partial charge is 0.395 e. The molecule has 0 fully saturated rings. The number of carbonyl (C=O) groups is 1. The van der Waals surface area contributed by atoms with Crippen LogP contribution in [0, 0.1) is 5.92 Å². The normalized spacial score (nSPS) is 11.4. The summed E-state index contributed by atoms with van der Waals surface area (Å²) in [5.41, 5.74) is 3.19. The third-order valence-electron chi connectivity index (χ3n) is 4.01. The van der Waals surface area contributed by atoms with Crippen molar-refractivity contribution in [2.75, 3.05) is 6.61 Å². The van der Waals surface area contributed by atoms with Crippen LogP contribution in [-0.2, 0) is 19.6 Å². The minimum Gasteiger partial charge on any atom is -0.395 e. The van der Waals surface area contributed by atoms with Gasteiger partial charge in [-0.1, -0.05) is 13.8 Å². The van der Waals surface area contributed by atoms with Gasteiger partial charge in [0.15, 0.2) is 0 Å². The van der Waals surface area contributed by atoms with Crippen LogP contribution in [0.4, 0.5) is 0 Å². The van der Waals surface area contributed by atoms with Gasteiger partial charge in [0.1, 0.15) is 0 Å². The zero-order valence-corrected chi connectivity index (χ0v) is 14.5. The molecule has 7 nitrogen and oxygen atoms in total. The molecule has 25 heavy (non-hydrogen) atoms. The van der Waals surface area contributed by atoms with Gasteiger partial charge in [-0.2, -0.15) is 0 Å². The van der Waals surface area contributed by atoms with Gasteiger partial charge in [-0.05, 0) is 24.1 Å². The summed E-state index contributed by atoms with van der Waals surface area (Å²) in [6.07, 6.45) is 5.25. The molecule has 0 saturated carbocycles. The molecule has 7 heteroatoms. The number of aliphatic hydroxyl groups excluding tert-OH is 1. The number of benzene rings is 1. The second-order valence-electron chi connectivity index (χ2n) is 6.48. The van der Waals surface area contributed by atoms with Crippen LogP contribution in [0.3, 0.4) is 0 Å². The van der Waals surface area contributed by atoms with Crippen LogP contribution in [0.1, 0.15) is 29.9 Å². The number of imidazole rings is 2. The minimum absolute atomic E-state index is 0.0533. The molecule has 2 heterocycles. The maximum atomic E-state index is 12.4. The lowest BCUT2D eigenvalue weighted by Gasteiger charge is -2.11. The topological polar surface area (TPSA) is 85.0 Å². The zero-order valence-electron chi connectivity index (χ0n) is 14.5. The Morgan fingerprint density at radius 2 is 2.12 bits per heavy atom. The van der Waals surface area contributed by atoms with E-state index in [1.807, 2.05) is 10.6 Å². The van der Waals surface area contributed by atoms with E-state index in [2.05, 4.69) is 33.7 Å². The van der Waals surface area contributed by atoms with Crippen molar-refractivity contribution in [3.8, 4) is 0 Å². The first-order chi connectivity index (χ1) is 12.1. The van der Waals surface area contributed by atoms with E-state index in [9.17, 15) is 4.79 Å². The van der Waals surface area contributed by atoms with Crippen LogP contribution in [0.15, 0.2) is 37.1 Å². The molecule has 3 rings (SSSR count). The number of nitrogens with one attached hydrogen (secondary N) is 1. The van der Waals surface area contributed by atoms with Crippen LogP contribution in [0.25, 0.3) is 11.0 Å². The smallest absolute Gasteiger partial charge is 0.251 e. The quantitative estimate of drug-likeness (QED) is 0.686. The van der Waals surface area contributed by atoms with E-state index < -0.39 is 0 Å². The SMILES string of the molecule is CC(C)Cn1cncc1CNC(=O)c1ccc2c(c1)ncn2CCO. The van der Waals surface area contributed by atoms with Crippen LogP contribution in [-0.4, -0.2) is 36.7 Å². The van der Waals surface area contributed by atoms with Gasteiger partial charge in [0.05, 0.1) is 42.5 Å². The van der Waals surface area contributed by atoms with E-state index in [-0.39, 0.29) is 12.5 Å². The minimum atomic E-state index is -0.143. The summed E-state index contributed by atoms with van der Waals surface area (Å²) in [6.45, 7) is 6.14. The maximum absolute atomic E-state index is 12.4. The Hall–Kier alpha value is -2.67. The molecule has 0 saturated heterocycles. The Balaban J connectivity index is 1.69. The highest BCUT2D eigenvalue weighted by molar-refractivity contribution is 5.97. The van der Waals surface area contributed by atoms with E-state index in [1.54, 1.807) is 31.0 Å². The van der Waals surface area contributed by atoms with Crippen molar-refractivity contribution in [3.63, 3.8) is 0 Å². The summed E-state index contributed by atoms with van der Waals surface area (Å²) >= 11 is 0. The van der Waals surface area contributed by atoms with E-state index in [1.165, 1.54) is 0 Å². The average molecular weight is 341 g/mol. The van der Waals surface area contributed by atoms with Crippen molar-refractivity contribution in [1.82, 2.24) is 24.4 Å². The monoisotopic (exact) mass is 341 g/mol. The number of carbonyl (C=O) groups excluding carboxylic acids is 1. The predicted octanol–water partition coefficient (Wildman–Crippen LogP) is 1.81. The molecule has 1 aromatic carbocycles. The van der Waals surface area contributed by atoms with E-state index in [4.69, 9.17) is 5.11 Å². The molecular formula is C18H23N5O2. The van der Waals surface area contributed by atoms with Gasteiger partial charge < -0.3 is 19.6 Å². The molecule has 0 aliphatic heterocycles. The van der Waals surface area contributed by atoms with Crippen LogP contribution < -0.4 is 5.32 Å². The highest BCUT2D eigenvalue weighted by Crippen LogP contribution is 2.15. The fraction of sp³-hybridized carbons (Fsp3) is 0.389. The van der Waals surface area contributed by atoms with Crippen molar-refractivity contribution in [3.05, 3.63) is 48.3 Å². The number of fused-ring (bicyclic) bond motifs is 1. The van der Waals surface area contributed by atoms with E-state index in [0.717, 1.165) is 23.3 Å². The summed E-state index contributed by atoms with van der Waals surface area (Å²) in [6, 6.07) is 5.40. The standard InChI is InChI=1S/C18H23N5O2/c1-13(2)10-23-11-19-8-15(23)9-20-18(25)14-3-4-17-16(7-14)21-12-22(17)5-6-24/h3-4,7-8,11-13,24H,5-6,9-10H2,1-2H3,(H,20,25). The molecule has 0 unspecified atom stereocenters. The van der Waals surface area contributed by atoms with Crippen LogP contribution in [0.2, 0.25) is 0 Å². The van der Waals surface area contributed by atoms with Gasteiger partial charge in [-0.15, -0.1) is 0 Å². The van der Waals surface area contributed by atoms with Crippen molar-refractivity contribution >= 4 is 16.9 Å². The van der Waals surface area contributed by atoms with Crippen molar-refractivity contribution in [2.45, 2.75) is 33.5 Å². The molecule has 0 bridgehead atoms. The Labute approximate surface area is 146 Å². The molecule has 0 aliphatic carbocycles. The predicted molar refractivity (Wildman–Crippen MR) is 95.1 cm³/mol. The first-order valence-corrected chi connectivity index (χ1v) is 8.41. The van der Waals surface area contributed by atoms with Crippen molar-refractivity contribution < 1.29 is 9.90 Å². The third kappa shape index (κ3) is 3.88. The van der Waals surface area contributed by atoms with Gasteiger partial charge >= 0.3 is 0 Å². The van der Waals surface area contributed by atoms with Crippen molar-refractivity contribution in [1.29, 1.82) is 0 Å². The lowest BCUT2D eigenvalue weighted by atomic mass is 10.2. The second-order valence-corrected chi connectivity index (χ2v) is 6.48. The number of aliphatic hydroxyl groups is 1. The summed E-state index contributed by atoms with van der Waals surface area (Å²) in [5.74, 6) is 0.371. The molecule has 0 aliphatic rings. The Morgan fingerprint density at radius 1 is 1.28 bits per heavy atom. The molecule has 132 valence electrons. The van der Waals surface area contributed by atoms with Gasteiger partial charge in [-0.25, -0.2) is 9.97 Å². The highest BCUT2D eigenvalue weighted by Gasteiger charge is 2.11. The number of hydrogen-bond acceptors (Lipinski definition) is 4. The highest BCUT2D eigenvalue weighted by atomic mass is 16.3. The second kappa shape index (κ2) is 7.48.